The average Bonchev–Trinajstić information content (AvgIpc) is 2.60. The minimum atomic E-state index is -0.360. The topological polar surface area (TPSA) is 79.0 Å². The molecule has 0 radical (unpaired) electrons. The fourth-order valence-corrected chi connectivity index (χ4v) is 2.92. The van der Waals surface area contributed by atoms with Gasteiger partial charge in [-0.25, -0.2) is 4.79 Å². The number of carbonyl (C=O) groups is 3. The summed E-state index contributed by atoms with van der Waals surface area (Å²) in [4.78, 5) is 38.8. The van der Waals surface area contributed by atoms with E-state index in [-0.39, 0.29) is 17.9 Å². The molecule has 0 aliphatic carbocycles. The molecule has 3 rings (SSSR count). The summed E-state index contributed by atoms with van der Waals surface area (Å²) in [5.41, 5.74) is 2.39. The van der Waals surface area contributed by atoms with E-state index in [4.69, 9.17) is 4.74 Å². The van der Waals surface area contributed by atoms with E-state index in [1.807, 2.05) is 6.07 Å². The molecule has 1 N–H and O–H groups in total. The number of amides is 3. The SMILES string of the molecule is COC(=O)N1CCN(C(=O)c2ccc3c(c2)CCC(=O)N3)CC1. The Morgan fingerprint density at radius 3 is 2.48 bits per heavy atom. The van der Waals surface area contributed by atoms with Gasteiger partial charge in [0.2, 0.25) is 5.91 Å². The zero-order chi connectivity index (χ0) is 16.4. The van der Waals surface area contributed by atoms with E-state index in [1.54, 1.807) is 21.9 Å². The van der Waals surface area contributed by atoms with E-state index in [1.165, 1.54) is 7.11 Å². The number of benzene rings is 1. The third-order valence-corrected chi connectivity index (χ3v) is 4.25. The van der Waals surface area contributed by atoms with Gasteiger partial charge in [-0.1, -0.05) is 0 Å². The van der Waals surface area contributed by atoms with E-state index in [0.29, 0.717) is 44.6 Å². The first kappa shape index (κ1) is 15.3. The zero-order valence-corrected chi connectivity index (χ0v) is 13.0. The molecule has 2 aliphatic rings. The number of fused-ring (bicyclic) bond motifs is 1. The van der Waals surface area contributed by atoms with Crippen LogP contribution in [0.5, 0.6) is 0 Å². The van der Waals surface area contributed by atoms with Crippen LogP contribution >= 0.6 is 0 Å². The fraction of sp³-hybridized carbons (Fsp3) is 0.438. The van der Waals surface area contributed by atoms with Crippen molar-refractivity contribution in [2.24, 2.45) is 0 Å². The Balaban J connectivity index is 1.67. The van der Waals surface area contributed by atoms with Gasteiger partial charge in [0.05, 0.1) is 7.11 Å². The van der Waals surface area contributed by atoms with Gasteiger partial charge < -0.3 is 19.9 Å². The van der Waals surface area contributed by atoms with Crippen molar-refractivity contribution in [3.05, 3.63) is 29.3 Å². The van der Waals surface area contributed by atoms with Gasteiger partial charge in [0.25, 0.3) is 5.91 Å². The molecule has 1 aromatic rings. The van der Waals surface area contributed by atoms with Gasteiger partial charge in [-0.15, -0.1) is 0 Å². The molecule has 0 bridgehead atoms. The van der Waals surface area contributed by atoms with Crippen molar-refractivity contribution in [3.63, 3.8) is 0 Å². The number of carbonyl (C=O) groups excluding carboxylic acids is 3. The summed E-state index contributed by atoms with van der Waals surface area (Å²) < 4.78 is 4.69. The smallest absolute Gasteiger partial charge is 0.409 e. The minimum absolute atomic E-state index is 0.00973. The van der Waals surface area contributed by atoms with Crippen LogP contribution in [-0.2, 0) is 16.0 Å². The molecule has 7 nitrogen and oxygen atoms in total. The van der Waals surface area contributed by atoms with Gasteiger partial charge >= 0.3 is 6.09 Å². The summed E-state index contributed by atoms with van der Waals surface area (Å²) in [6.07, 6.45) is 0.738. The van der Waals surface area contributed by atoms with Crippen molar-refractivity contribution in [1.29, 1.82) is 0 Å². The molecule has 0 atom stereocenters. The summed E-state index contributed by atoms with van der Waals surface area (Å²) in [5, 5.41) is 2.81. The summed E-state index contributed by atoms with van der Waals surface area (Å²) in [6, 6.07) is 5.37. The highest BCUT2D eigenvalue weighted by atomic mass is 16.5. The lowest BCUT2D eigenvalue weighted by Gasteiger charge is -2.34. The molecular weight excluding hydrogens is 298 g/mol. The monoisotopic (exact) mass is 317 g/mol. The van der Waals surface area contributed by atoms with Gasteiger partial charge in [0.15, 0.2) is 0 Å². The Kier molecular flexibility index (Phi) is 4.18. The highest BCUT2D eigenvalue weighted by molar-refractivity contribution is 5.98. The highest BCUT2D eigenvalue weighted by Gasteiger charge is 2.26. The molecule has 0 aromatic heterocycles. The van der Waals surface area contributed by atoms with Gasteiger partial charge in [0, 0.05) is 43.9 Å². The van der Waals surface area contributed by atoms with E-state index in [9.17, 15) is 14.4 Å². The zero-order valence-electron chi connectivity index (χ0n) is 13.0. The van der Waals surface area contributed by atoms with Crippen LogP contribution in [-0.4, -0.2) is 61.0 Å². The van der Waals surface area contributed by atoms with Crippen LogP contribution in [0.2, 0.25) is 0 Å². The lowest BCUT2D eigenvalue weighted by molar-refractivity contribution is -0.116. The Morgan fingerprint density at radius 2 is 1.78 bits per heavy atom. The molecule has 3 amide bonds. The molecule has 23 heavy (non-hydrogen) atoms. The van der Waals surface area contributed by atoms with Crippen molar-refractivity contribution in [3.8, 4) is 0 Å². The van der Waals surface area contributed by atoms with E-state index < -0.39 is 0 Å². The van der Waals surface area contributed by atoms with Crippen LogP contribution in [0.15, 0.2) is 18.2 Å². The van der Waals surface area contributed by atoms with Crippen LogP contribution < -0.4 is 5.32 Å². The van der Waals surface area contributed by atoms with Crippen LogP contribution in [0.1, 0.15) is 22.3 Å². The molecular formula is C16H19N3O4. The number of rotatable bonds is 1. The Hall–Kier alpha value is -2.57. The van der Waals surface area contributed by atoms with Crippen molar-refractivity contribution < 1.29 is 19.1 Å². The third kappa shape index (κ3) is 3.13. The number of aryl methyl sites for hydroxylation is 1. The summed E-state index contributed by atoms with van der Waals surface area (Å²) in [5.74, 6) is -0.0373. The number of ether oxygens (including phenoxy) is 1. The second-order valence-corrected chi connectivity index (χ2v) is 5.67. The predicted octanol–water partition coefficient (Wildman–Crippen LogP) is 1.10. The quantitative estimate of drug-likeness (QED) is 0.841. The molecule has 2 heterocycles. The van der Waals surface area contributed by atoms with Crippen LogP contribution in [0.4, 0.5) is 10.5 Å². The fourth-order valence-electron chi connectivity index (χ4n) is 2.92. The largest absolute Gasteiger partial charge is 0.453 e. The molecule has 2 aliphatic heterocycles. The lowest BCUT2D eigenvalue weighted by Crippen LogP contribution is -2.50. The number of nitrogens with one attached hydrogen (secondary N) is 1. The lowest BCUT2D eigenvalue weighted by atomic mass is 10.00. The number of hydrogen-bond acceptors (Lipinski definition) is 4. The molecule has 1 saturated heterocycles. The predicted molar refractivity (Wildman–Crippen MR) is 83.3 cm³/mol. The number of nitrogens with zero attached hydrogens (tertiary/aromatic N) is 2. The van der Waals surface area contributed by atoms with E-state index in [2.05, 4.69) is 5.32 Å². The van der Waals surface area contributed by atoms with Crippen molar-refractivity contribution in [2.45, 2.75) is 12.8 Å². The van der Waals surface area contributed by atoms with Crippen molar-refractivity contribution in [1.82, 2.24) is 9.80 Å². The van der Waals surface area contributed by atoms with Gasteiger partial charge in [0.1, 0.15) is 0 Å². The summed E-state index contributed by atoms with van der Waals surface area (Å²) in [7, 11) is 1.35. The molecule has 122 valence electrons. The summed E-state index contributed by atoms with van der Waals surface area (Å²) in [6.45, 7) is 1.92. The minimum Gasteiger partial charge on any atom is -0.453 e. The van der Waals surface area contributed by atoms with Crippen LogP contribution in [0.25, 0.3) is 0 Å². The number of methoxy groups -OCH3 is 1. The standard InChI is InChI=1S/C16H19N3O4/c1-23-16(22)19-8-6-18(7-9-19)15(21)12-2-4-13-11(10-12)3-5-14(20)17-13/h2,4,10H,3,5-9H2,1H3,(H,17,20). The maximum Gasteiger partial charge on any atom is 0.409 e. The molecule has 1 fully saturated rings. The van der Waals surface area contributed by atoms with Gasteiger partial charge in [-0.3, -0.25) is 9.59 Å². The molecule has 0 spiro atoms. The van der Waals surface area contributed by atoms with Crippen molar-refractivity contribution >= 4 is 23.6 Å². The normalized spacial score (nSPS) is 17.3. The third-order valence-electron chi connectivity index (χ3n) is 4.25. The average molecular weight is 317 g/mol. The first-order valence-corrected chi connectivity index (χ1v) is 7.63. The molecule has 0 saturated carbocycles. The van der Waals surface area contributed by atoms with E-state index in [0.717, 1.165) is 11.3 Å². The first-order valence-electron chi connectivity index (χ1n) is 7.63. The van der Waals surface area contributed by atoms with Gasteiger partial charge in [-0.05, 0) is 30.2 Å². The number of anilines is 1. The van der Waals surface area contributed by atoms with Crippen LogP contribution in [0, 0.1) is 0 Å². The second kappa shape index (κ2) is 6.28. The molecule has 7 heteroatoms. The first-order chi connectivity index (χ1) is 11.1. The maximum atomic E-state index is 12.6. The molecule has 1 aromatic carbocycles. The van der Waals surface area contributed by atoms with Crippen molar-refractivity contribution in [2.75, 3.05) is 38.6 Å². The highest BCUT2D eigenvalue weighted by Crippen LogP contribution is 2.24. The summed E-state index contributed by atoms with van der Waals surface area (Å²) >= 11 is 0. The number of piperazine rings is 1. The van der Waals surface area contributed by atoms with Crippen LogP contribution in [0.3, 0.4) is 0 Å². The molecule has 0 unspecified atom stereocenters. The Bertz CT molecular complexity index is 651. The van der Waals surface area contributed by atoms with Gasteiger partial charge in [-0.2, -0.15) is 0 Å². The number of hydrogen-bond donors (Lipinski definition) is 1. The Morgan fingerprint density at radius 1 is 1.09 bits per heavy atom. The second-order valence-electron chi connectivity index (χ2n) is 5.67. The van der Waals surface area contributed by atoms with E-state index >= 15 is 0 Å². The maximum absolute atomic E-state index is 12.6. The Labute approximate surface area is 134 Å².